The van der Waals surface area contributed by atoms with Gasteiger partial charge in [0.25, 0.3) is 0 Å². The van der Waals surface area contributed by atoms with Crippen LogP contribution in [-0.4, -0.2) is 62.7 Å². The summed E-state index contributed by atoms with van der Waals surface area (Å²) in [6, 6.07) is 7.53. The van der Waals surface area contributed by atoms with Crippen LogP contribution in [0.5, 0.6) is 0 Å². The van der Waals surface area contributed by atoms with Crippen LogP contribution < -0.4 is 5.32 Å². The SMILES string of the molecule is CN(CCCSc1ccccc1Cl)CC(=O)NC1CCS(=O)(=O)C1. The fourth-order valence-corrected chi connectivity index (χ4v) is 5.43. The van der Waals surface area contributed by atoms with E-state index in [9.17, 15) is 13.2 Å². The molecule has 1 fully saturated rings. The van der Waals surface area contributed by atoms with E-state index in [2.05, 4.69) is 5.32 Å². The molecule has 1 heterocycles. The third-order valence-corrected chi connectivity index (χ3v) is 7.16. The smallest absolute Gasteiger partial charge is 0.234 e. The Kier molecular flexibility index (Phi) is 7.40. The van der Waals surface area contributed by atoms with Gasteiger partial charge in [-0.25, -0.2) is 8.42 Å². The Balaban J connectivity index is 1.62. The van der Waals surface area contributed by atoms with Crippen molar-refractivity contribution in [2.24, 2.45) is 0 Å². The Bertz CT molecular complexity index is 667. The second kappa shape index (κ2) is 9.08. The van der Waals surface area contributed by atoms with E-state index in [-0.39, 0.29) is 30.0 Å². The van der Waals surface area contributed by atoms with Crippen LogP contribution in [0.2, 0.25) is 5.02 Å². The molecule has 1 unspecified atom stereocenters. The Morgan fingerprint density at radius 3 is 2.83 bits per heavy atom. The Morgan fingerprint density at radius 2 is 2.17 bits per heavy atom. The van der Waals surface area contributed by atoms with E-state index in [0.29, 0.717) is 6.42 Å². The molecule has 5 nitrogen and oxygen atoms in total. The molecule has 0 spiro atoms. The first kappa shape index (κ1) is 19.6. The van der Waals surface area contributed by atoms with Crippen molar-refractivity contribution < 1.29 is 13.2 Å². The molecule has 1 amide bonds. The lowest BCUT2D eigenvalue weighted by Crippen LogP contribution is -2.41. The number of nitrogens with one attached hydrogen (secondary N) is 1. The molecule has 1 aromatic carbocycles. The van der Waals surface area contributed by atoms with Crippen LogP contribution in [0.3, 0.4) is 0 Å². The molecule has 8 heteroatoms. The molecular formula is C16H23ClN2O3S2. The topological polar surface area (TPSA) is 66.5 Å². The van der Waals surface area contributed by atoms with E-state index in [1.807, 2.05) is 36.2 Å². The summed E-state index contributed by atoms with van der Waals surface area (Å²) < 4.78 is 22.8. The molecule has 1 aliphatic heterocycles. The highest BCUT2D eigenvalue weighted by Crippen LogP contribution is 2.26. The Labute approximate surface area is 153 Å². The van der Waals surface area contributed by atoms with Crippen LogP contribution in [-0.2, 0) is 14.6 Å². The summed E-state index contributed by atoms with van der Waals surface area (Å²) in [5.41, 5.74) is 0. The summed E-state index contributed by atoms with van der Waals surface area (Å²) in [6.07, 6.45) is 1.46. The predicted octanol–water partition coefficient (Wildman–Crippen LogP) is 2.06. The second-order valence-electron chi connectivity index (χ2n) is 6.04. The molecule has 1 N–H and O–H groups in total. The highest BCUT2D eigenvalue weighted by molar-refractivity contribution is 7.99. The van der Waals surface area contributed by atoms with Crippen LogP contribution >= 0.6 is 23.4 Å². The van der Waals surface area contributed by atoms with Crippen molar-refractivity contribution in [3.05, 3.63) is 29.3 Å². The van der Waals surface area contributed by atoms with E-state index < -0.39 is 9.84 Å². The molecule has 0 bridgehead atoms. The first-order valence-electron chi connectivity index (χ1n) is 7.91. The molecular weight excluding hydrogens is 368 g/mol. The molecule has 1 aliphatic rings. The van der Waals surface area contributed by atoms with Crippen molar-refractivity contribution in [2.45, 2.75) is 23.8 Å². The lowest BCUT2D eigenvalue weighted by atomic mass is 10.2. The number of hydrogen-bond donors (Lipinski definition) is 1. The second-order valence-corrected chi connectivity index (χ2v) is 9.81. The van der Waals surface area contributed by atoms with Gasteiger partial charge in [-0.2, -0.15) is 0 Å². The lowest BCUT2D eigenvalue weighted by Gasteiger charge is -2.18. The van der Waals surface area contributed by atoms with Crippen LogP contribution in [0.15, 0.2) is 29.2 Å². The number of rotatable bonds is 8. The zero-order valence-electron chi connectivity index (χ0n) is 13.7. The van der Waals surface area contributed by atoms with Gasteiger partial charge in [-0.3, -0.25) is 9.69 Å². The van der Waals surface area contributed by atoms with Crippen molar-refractivity contribution in [1.29, 1.82) is 0 Å². The van der Waals surface area contributed by atoms with Crippen molar-refractivity contribution in [3.63, 3.8) is 0 Å². The van der Waals surface area contributed by atoms with Crippen molar-refractivity contribution >= 4 is 39.1 Å². The van der Waals surface area contributed by atoms with Crippen molar-refractivity contribution in [3.8, 4) is 0 Å². The third-order valence-electron chi connectivity index (χ3n) is 3.79. The molecule has 1 atom stereocenters. The number of sulfone groups is 1. The number of nitrogens with zero attached hydrogens (tertiary/aromatic N) is 1. The summed E-state index contributed by atoms with van der Waals surface area (Å²) >= 11 is 7.82. The Morgan fingerprint density at radius 1 is 1.42 bits per heavy atom. The van der Waals surface area contributed by atoms with Crippen LogP contribution in [0, 0.1) is 0 Å². The molecule has 1 aromatic rings. The molecule has 1 saturated heterocycles. The minimum Gasteiger partial charge on any atom is -0.351 e. The van der Waals surface area contributed by atoms with Gasteiger partial charge >= 0.3 is 0 Å². The number of hydrogen-bond acceptors (Lipinski definition) is 5. The summed E-state index contributed by atoms with van der Waals surface area (Å²) in [5, 5.41) is 3.57. The van der Waals surface area contributed by atoms with Gasteiger partial charge in [0.2, 0.25) is 5.91 Å². The van der Waals surface area contributed by atoms with Gasteiger partial charge in [-0.15, -0.1) is 11.8 Å². The van der Waals surface area contributed by atoms with Crippen LogP contribution in [0.25, 0.3) is 0 Å². The van der Waals surface area contributed by atoms with E-state index in [0.717, 1.165) is 28.6 Å². The average Bonchev–Trinajstić information content (AvgIpc) is 2.84. The Hall–Kier alpha value is -0.760. The molecule has 0 aromatic heterocycles. The number of carbonyl (C=O) groups is 1. The number of thioether (sulfide) groups is 1. The summed E-state index contributed by atoms with van der Waals surface area (Å²) in [7, 11) is -1.06. The zero-order chi connectivity index (χ0) is 17.6. The van der Waals surface area contributed by atoms with E-state index >= 15 is 0 Å². The minimum absolute atomic E-state index is 0.0664. The normalized spacial score (nSPS) is 19.5. The molecule has 0 aliphatic carbocycles. The standard InChI is InChI=1S/C16H23ClN2O3S2/c1-19(8-4-9-23-15-6-3-2-5-14(15)17)11-16(20)18-13-7-10-24(21,22)12-13/h2-3,5-6,13H,4,7-12H2,1H3,(H,18,20). The largest absolute Gasteiger partial charge is 0.351 e. The molecule has 0 radical (unpaired) electrons. The monoisotopic (exact) mass is 390 g/mol. The van der Waals surface area contributed by atoms with Gasteiger partial charge in [0.15, 0.2) is 9.84 Å². The van der Waals surface area contributed by atoms with E-state index in [1.165, 1.54) is 0 Å². The highest BCUT2D eigenvalue weighted by Gasteiger charge is 2.28. The quantitative estimate of drug-likeness (QED) is 0.543. The van der Waals surface area contributed by atoms with E-state index in [4.69, 9.17) is 11.6 Å². The maximum absolute atomic E-state index is 11.9. The van der Waals surface area contributed by atoms with Crippen molar-refractivity contribution in [2.75, 3.05) is 37.4 Å². The number of benzene rings is 1. The minimum atomic E-state index is -2.96. The number of likely N-dealkylation sites (N-methyl/N-ethyl adjacent to an activating group) is 1. The highest BCUT2D eigenvalue weighted by atomic mass is 35.5. The van der Waals surface area contributed by atoms with Gasteiger partial charge < -0.3 is 5.32 Å². The summed E-state index contributed by atoms with van der Waals surface area (Å²) in [4.78, 5) is 15.0. The lowest BCUT2D eigenvalue weighted by molar-refractivity contribution is -0.122. The van der Waals surface area contributed by atoms with Gasteiger partial charge in [0.1, 0.15) is 0 Å². The zero-order valence-corrected chi connectivity index (χ0v) is 16.1. The van der Waals surface area contributed by atoms with Gasteiger partial charge in [-0.1, -0.05) is 23.7 Å². The van der Waals surface area contributed by atoms with Crippen LogP contribution in [0.1, 0.15) is 12.8 Å². The van der Waals surface area contributed by atoms with Gasteiger partial charge in [0, 0.05) is 10.9 Å². The molecule has 134 valence electrons. The average molecular weight is 391 g/mol. The first-order chi connectivity index (χ1) is 11.4. The predicted molar refractivity (Wildman–Crippen MR) is 99.5 cm³/mol. The van der Waals surface area contributed by atoms with Crippen molar-refractivity contribution in [1.82, 2.24) is 10.2 Å². The molecule has 24 heavy (non-hydrogen) atoms. The number of carbonyl (C=O) groups excluding carboxylic acids is 1. The van der Waals surface area contributed by atoms with E-state index in [1.54, 1.807) is 11.8 Å². The first-order valence-corrected chi connectivity index (χ1v) is 11.1. The number of halogens is 1. The third kappa shape index (κ3) is 6.63. The van der Waals surface area contributed by atoms with Crippen LogP contribution in [0.4, 0.5) is 0 Å². The maximum Gasteiger partial charge on any atom is 0.234 e. The molecule has 2 rings (SSSR count). The summed E-state index contributed by atoms with van der Waals surface area (Å²) in [5.74, 6) is 1.05. The molecule has 0 saturated carbocycles. The summed E-state index contributed by atoms with van der Waals surface area (Å²) in [6.45, 7) is 1.08. The number of amides is 1. The van der Waals surface area contributed by atoms with Gasteiger partial charge in [-0.05, 0) is 44.3 Å². The van der Waals surface area contributed by atoms with Gasteiger partial charge in [0.05, 0.1) is 23.1 Å². The maximum atomic E-state index is 11.9. The fourth-order valence-electron chi connectivity index (χ4n) is 2.58. The fraction of sp³-hybridized carbons (Fsp3) is 0.562.